The molecule has 0 atom stereocenters. The smallest absolute Gasteiger partial charge is 0.416 e. The lowest BCUT2D eigenvalue weighted by molar-refractivity contribution is -0.147. The summed E-state index contributed by atoms with van der Waals surface area (Å²) < 4.78 is 44.0. The highest BCUT2D eigenvalue weighted by Gasteiger charge is 2.30. The highest BCUT2D eigenvalue weighted by Crippen LogP contribution is 2.29. The number of esters is 1. The fourth-order valence-corrected chi connectivity index (χ4v) is 2.41. The van der Waals surface area contributed by atoms with Crippen LogP contribution >= 0.6 is 0 Å². The first-order chi connectivity index (χ1) is 12.8. The number of rotatable bonds is 5. The van der Waals surface area contributed by atoms with Gasteiger partial charge in [0.2, 0.25) is 0 Å². The minimum absolute atomic E-state index is 0.117. The van der Waals surface area contributed by atoms with Crippen LogP contribution in [0.2, 0.25) is 0 Å². The molecule has 0 spiro atoms. The summed E-state index contributed by atoms with van der Waals surface area (Å²) in [7, 11) is 0. The molecule has 3 aromatic rings. The molecule has 140 valence electrons. The molecule has 0 unspecified atom stereocenters. The number of imidazole rings is 1. The van der Waals surface area contributed by atoms with E-state index in [-0.39, 0.29) is 12.2 Å². The molecule has 0 aliphatic heterocycles. The minimum Gasteiger partial charge on any atom is -0.454 e. The predicted octanol–water partition coefficient (Wildman–Crippen LogP) is 3.24. The second kappa shape index (κ2) is 7.48. The number of nitrogens with one attached hydrogen (secondary N) is 1. The Morgan fingerprint density at radius 2 is 1.78 bits per heavy atom. The van der Waals surface area contributed by atoms with Crippen LogP contribution in [0, 0.1) is 0 Å². The first-order valence-corrected chi connectivity index (χ1v) is 7.85. The van der Waals surface area contributed by atoms with Crippen molar-refractivity contribution in [3.63, 3.8) is 0 Å². The van der Waals surface area contributed by atoms with E-state index >= 15 is 0 Å². The predicted molar refractivity (Wildman–Crippen MR) is 90.8 cm³/mol. The van der Waals surface area contributed by atoms with Crippen molar-refractivity contribution in [2.24, 2.45) is 0 Å². The fourth-order valence-electron chi connectivity index (χ4n) is 2.41. The van der Waals surface area contributed by atoms with E-state index in [9.17, 15) is 22.8 Å². The molecule has 0 aliphatic carbocycles. The van der Waals surface area contributed by atoms with Gasteiger partial charge in [-0.2, -0.15) is 13.2 Å². The molecule has 0 aliphatic rings. The molecule has 1 heterocycles. The average Bonchev–Trinajstić information content (AvgIpc) is 3.03. The zero-order valence-corrected chi connectivity index (χ0v) is 13.9. The van der Waals surface area contributed by atoms with Crippen LogP contribution < -0.4 is 5.32 Å². The van der Waals surface area contributed by atoms with Gasteiger partial charge in [-0.05, 0) is 36.4 Å². The van der Waals surface area contributed by atoms with Gasteiger partial charge in [0.1, 0.15) is 6.54 Å². The van der Waals surface area contributed by atoms with Crippen molar-refractivity contribution in [2.45, 2.75) is 12.7 Å². The van der Waals surface area contributed by atoms with Crippen LogP contribution in [0.15, 0.2) is 54.9 Å². The van der Waals surface area contributed by atoms with E-state index < -0.39 is 30.2 Å². The topological polar surface area (TPSA) is 73.2 Å². The number of ether oxygens (including phenoxy) is 1. The van der Waals surface area contributed by atoms with Crippen molar-refractivity contribution >= 4 is 28.6 Å². The molecule has 0 fully saturated rings. The highest BCUT2D eigenvalue weighted by molar-refractivity contribution is 5.92. The Morgan fingerprint density at radius 1 is 1.07 bits per heavy atom. The van der Waals surface area contributed by atoms with E-state index in [0.29, 0.717) is 0 Å². The molecule has 27 heavy (non-hydrogen) atoms. The van der Waals surface area contributed by atoms with E-state index in [2.05, 4.69) is 10.3 Å². The monoisotopic (exact) mass is 377 g/mol. The van der Waals surface area contributed by atoms with Gasteiger partial charge in [-0.15, -0.1) is 0 Å². The molecule has 1 N–H and O–H groups in total. The molecule has 0 radical (unpaired) electrons. The first-order valence-electron chi connectivity index (χ1n) is 7.85. The van der Waals surface area contributed by atoms with Crippen LogP contribution in [0.25, 0.3) is 11.0 Å². The van der Waals surface area contributed by atoms with Crippen LogP contribution in [0.4, 0.5) is 18.9 Å². The first kappa shape index (κ1) is 18.4. The lowest BCUT2D eigenvalue weighted by atomic mass is 10.2. The molecule has 0 saturated heterocycles. The number of nitrogens with zero attached hydrogens (tertiary/aromatic N) is 2. The van der Waals surface area contributed by atoms with Crippen LogP contribution in [-0.2, 0) is 27.0 Å². The van der Waals surface area contributed by atoms with Crippen molar-refractivity contribution in [3.8, 4) is 0 Å². The number of hydrogen-bond acceptors (Lipinski definition) is 4. The van der Waals surface area contributed by atoms with Gasteiger partial charge in [0.05, 0.1) is 22.9 Å². The van der Waals surface area contributed by atoms with Crippen LogP contribution in [-0.4, -0.2) is 28.0 Å². The Morgan fingerprint density at radius 3 is 2.48 bits per heavy atom. The van der Waals surface area contributed by atoms with Crippen molar-refractivity contribution in [3.05, 3.63) is 60.4 Å². The van der Waals surface area contributed by atoms with Gasteiger partial charge >= 0.3 is 12.1 Å². The molecule has 2 aromatic carbocycles. The number of benzene rings is 2. The highest BCUT2D eigenvalue weighted by atomic mass is 19.4. The normalized spacial score (nSPS) is 11.4. The maximum Gasteiger partial charge on any atom is 0.416 e. The summed E-state index contributed by atoms with van der Waals surface area (Å²) in [6.45, 7) is -0.666. The Balaban J connectivity index is 1.51. The molecule has 1 amide bonds. The number of alkyl halides is 3. The number of aromatic nitrogens is 2. The second-order valence-corrected chi connectivity index (χ2v) is 5.65. The third-order valence-electron chi connectivity index (χ3n) is 3.69. The molecule has 3 rings (SSSR count). The summed E-state index contributed by atoms with van der Waals surface area (Å²) in [6.07, 6.45) is -2.95. The number of carbonyl (C=O) groups excluding carboxylic acids is 2. The van der Waals surface area contributed by atoms with Crippen LogP contribution in [0.5, 0.6) is 0 Å². The molecular weight excluding hydrogens is 363 g/mol. The summed E-state index contributed by atoms with van der Waals surface area (Å²) >= 11 is 0. The molecule has 6 nitrogen and oxygen atoms in total. The van der Waals surface area contributed by atoms with Crippen molar-refractivity contribution in [1.82, 2.24) is 9.55 Å². The number of carbonyl (C=O) groups is 2. The average molecular weight is 377 g/mol. The van der Waals surface area contributed by atoms with Gasteiger partial charge in [-0.25, -0.2) is 4.98 Å². The molecule has 9 heteroatoms. The molecule has 0 bridgehead atoms. The van der Waals surface area contributed by atoms with Crippen LogP contribution in [0.1, 0.15) is 5.56 Å². The van der Waals surface area contributed by atoms with E-state index in [1.54, 1.807) is 16.7 Å². The zero-order valence-electron chi connectivity index (χ0n) is 13.9. The lowest BCUT2D eigenvalue weighted by Crippen LogP contribution is -2.22. The third kappa shape index (κ3) is 4.63. The molecule has 0 saturated carbocycles. The fraction of sp³-hybridized carbons (Fsp3) is 0.167. The number of hydrogen-bond donors (Lipinski definition) is 1. The van der Waals surface area contributed by atoms with Gasteiger partial charge in [-0.1, -0.05) is 12.1 Å². The quantitative estimate of drug-likeness (QED) is 0.693. The Kier molecular flexibility index (Phi) is 5.11. The van der Waals surface area contributed by atoms with Gasteiger partial charge in [0, 0.05) is 5.69 Å². The number of fused-ring (bicyclic) bond motifs is 1. The van der Waals surface area contributed by atoms with Gasteiger partial charge in [-0.3, -0.25) is 9.59 Å². The SMILES string of the molecule is O=C(COC(=O)Cn1cnc2ccccc21)Nc1ccc(C(F)(F)F)cc1. The Bertz CT molecular complexity index is 965. The maximum absolute atomic E-state index is 12.5. The summed E-state index contributed by atoms with van der Waals surface area (Å²) in [4.78, 5) is 27.8. The van der Waals surface area contributed by atoms with E-state index in [1.807, 2.05) is 12.1 Å². The minimum atomic E-state index is -4.45. The number of anilines is 1. The Hall–Kier alpha value is -3.36. The number of amides is 1. The summed E-state index contributed by atoms with van der Waals surface area (Å²) in [5.41, 5.74) is 0.832. The van der Waals surface area contributed by atoms with E-state index in [0.717, 1.165) is 35.3 Å². The van der Waals surface area contributed by atoms with Crippen LogP contribution in [0.3, 0.4) is 0 Å². The zero-order chi connectivity index (χ0) is 19.4. The second-order valence-electron chi connectivity index (χ2n) is 5.65. The van der Waals surface area contributed by atoms with Gasteiger partial charge < -0.3 is 14.6 Å². The summed E-state index contributed by atoms with van der Waals surface area (Å²) in [5, 5.41) is 2.36. The number of para-hydroxylation sites is 2. The van der Waals surface area contributed by atoms with E-state index in [1.165, 1.54) is 6.33 Å². The van der Waals surface area contributed by atoms with Gasteiger partial charge in [0.25, 0.3) is 5.91 Å². The molecular formula is C18H14F3N3O3. The molecule has 1 aromatic heterocycles. The van der Waals surface area contributed by atoms with Gasteiger partial charge in [0.15, 0.2) is 6.61 Å². The van der Waals surface area contributed by atoms with E-state index in [4.69, 9.17) is 4.74 Å². The number of halogens is 3. The third-order valence-corrected chi connectivity index (χ3v) is 3.69. The maximum atomic E-state index is 12.5. The lowest BCUT2D eigenvalue weighted by Gasteiger charge is -2.09. The standard InChI is InChI=1S/C18H14F3N3O3/c19-18(20,21)12-5-7-13(8-6-12)23-16(25)10-27-17(26)9-24-11-22-14-3-1-2-4-15(14)24/h1-8,11H,9-10H2,(H,23,25). The van der Waals surface area contributed by atoms with Crippen molar-refractivity contribution in [1.29, 1.82) is 0 Å². The summed E-state index contributed by atoms with van der Waals surface area (Å²) in [5.74, 6) is -1.29. The largest absolute Gasteiger partial charge is 0.454 e. The Labute approximate surface area is 151 Å². The summed E-state index contributed by atoms with van der Waals surface area (Å²) in [6, 6.07) is 11.2. The van der Waals surface area contributed by atoms with Crippen molar-refractivity contribution < 1.29 is 27.5 Å². The van der Waals surface area contributed by atoms with Crippen molar-refractivity contribution in [2.75, 3.05) is 11.9 Å².